The number of rotatable bonds is 9. The van der Waals surface area contributed by atoms with Crippen LogP contribution in [0.2, 0.25) is 0 Å². The minimum atomic E-state index is -1.21. The molecule has 12 nitrogen and oxygen atoms in total. The average molecular weight is 381 g/mol. The third-order valence-corrected chi connectivity index (χ3v) is 1.14. The Morgan fingerprint density at radius 2 is 0.750 bits per heavy atom. The molecule has 0 aliphatic heterocycles. The monoisotopic (exact) mass is 381 g/mol. The van der Waals surface area contributed by atoms with Gasteiger partial charge in [0.1, 0.15) is 0 Å². The van der Waals surface area contributed by atoms with Crippen molar-refractivity contribution in [2.24, 2.45) is 0 Å². The Labute approximate surface area is 205 Å². The van der Waals surface area contributed by atoms with Crippen LogP contribution in [-0.4, -0.2) is 73.1 Å². The number of carbonyl (C=O) groups excluding carboxylic acids is 3. The first-order valence-corrected chi connectivity index (χ1v) is 5.36. The van der Waals surface area contributed by atoms with Crippen LogP contribution in [0, 0.1) is 0 Å². The van der Waals surface area contributed by atoms with Gasteiger partial charge in [0.15, 0.2) is 0 Å². The van der Waals surface area contributed by atoms with Crippen molar-refractivity contribution in [3.8, 4) is 0 Å². The normalized spacial score (nSPS) is 7.62. The second-order valence-electron chi connectivity index (χ2n) is 2.87. The van der Waals surface area contributed by atoms with Crippen LogP contribution in [0.5, 0.6) is 0 Å². The second-order valence-corrected chi connectivity index (χ2v) is 2.87. The van der Waals surface area contributed by atoms with E-state index in [0.717, 1.165) is 0 Å². The smallest absolute Gasteiger partial charge is 0.549 e. The molecule has 0 amide bonds. The van der Waals surface area contributed by atoms with Crippen LogP contribution in [0.3, 0.4) is 0 Å². The molecule has 0 bridgehead atoms. The van der Waals surface area contributed by atoms with Crippen LogP contribution in [-0.2, 0) is 14.4 Å². The Balaban J connectivity index is -0.0000000476. The standard InChI is InChI=1S/3C3H7NO3.3Na/c3*5-2-4-1-3(6)7;;;/h3*4-5H,1-2H2,(H,6,7);;;/q;;;3*+1/p-3. The molecule has 0 saturated carbocycles. The molecular weight excluding hydrogens is 363 g/mol. The SMILES string of the molecule is O=C([O-])CNCO.O=C([O-])CNCO.O=C([O-])CNCO.[Na+].[Na+].[Na+]. The van der Waals surface area contributed by atoms with Gasteiger partial charge < -0.3 is 45.0 Å². The Morgan fingerprint density at radius 1 is 0.583 bits per heavy atom. The third-order valence-electron chi connectivity index (χ3n) is 1.14. The number of nitrogens with one attached hydrogen (secondary N) is 3. The molecule has 0 atom stereocenters. The summed E-state index contributed by atoms with van der Waals surface area (Å²) in [6, 6.07) is 0. The van der Waals surface area contributed by atoms with Crippen molar-refractivity contribution < 1.29 is 134 Å². The van der Waals surface area contributed by atoms with Crippen molar-refractivity contribution >= 4 is 17.9 Å². The van der Waals surface area contributed by atoms with Crippen molar-refractivity contribution in [2.75, 3.05) is 39.8 Å². The molecule has 0 radical (unpaired) electrons. The summed E-state index contributed by atoms with van der Waals surface area (Å²) < 4.78 is 0. The van der Waals surface area contributed by atoms with Crippen LogP contribution in [0.4, 0.5) is 0 Å². The Morgan fingerprint density at radius 3 is 0.792 bits per heavy atom. The minimum absolute atomic E-state index is 0. The zero-order chi connectivity index (χ0) is 17.1. The van der Waals surface area contributed by atoms with Crippen molar-refractivity contribution in [1.82, 2.24) is 16.0 Å². The number of carboxylic acids is 3. The zero-order valence-electron chi connectivity index (χ0n) is 14.0. The predicted octanol–water partition coefficient (Wildman–Crippen LogP) is -17.2. The van der Waals surface area contributed by atoms with Gasteiger partial charge in [-0.25, -0.2) is 0 Å². The van der Waals surface area contributed by atoms with E-state index >= 15 is 0 Å². The summed E-state index contributed by atoms with van der Waals surface area (Å²) in [5, 5.41) is 58.6. The van der Waals surface area contributed by atoms with E-state index in [1.165, 1.54) is 0 Å². The van der Waals surface area contributed by atoms with Crippen LogP contribution >= 0.6 is 0 Å². The molecule has 0 aliphatic rings. The van der Waals surface area contributed by atoms with Crippen LogP contribution < -0.4 is 120 Å². The molecule has 24 heavy (non-hydrogen) atoms. The van der Waals surface area contributed by atoms with Crippen LogP contribution in [0.1, 0.15) is 0 Å². The van der Waals surface area contributed by atoms with Gasteiger partial charge in [-0.15, -0.1) is 0 Å². The number of aliphatic hydroxyl groups is 3. The molecule has 0 aliphatic carbocycles. The van der Waals surface area contributed by atoms with Gasteiger partial charge in [0.05, 0.1) is 38.1 Å². The molecule has 126 valence electrons. The van der Waals surface area contributed by atoms with Gasteiger partial charge in [-0.1, -0.05) is 0 Å². The fraction of sp³-hybridized carbons (Fsp3) is 0.667. The van der Waals surface area contributed by atoms with Gasteiger partial charge in [-0.05, 0) is 0 Å². The topological polar surface area (TPSA) is 217 Å². The summed E-state index contributed by atoms with van der Waals surface area (Å²) in [5.74, 6) is -3.64. The maximum Gasteiger partial charge on any atom is 1.00 e. The number of aliphatic carboxylic acids is 3. The molecule has 0 rings (SSSR count). The van der Waals surface area contributed by atoms with Crippen molar-refractivity contribution in [3.05, 3.63) is 0 Å². The van der Waals surface area contributed by atoms with E-state index in [1.807, 2.05) is 0 Å². The molecule has 0 saturated heterocycles. The van der Waals surface area contributed by atoms with Gasteiger partial charge >= 0.3 is 88.7 Å². The summed E-state index contributed by atoms with van der Waals surface area (Å²) in [6.07, 6.45) is 0. The van der Waals surface area contributed by atoms with Gasteiger partial charge in [0.25, 0.3) is 0 Å². The summed E-state index contributed by atoms with van der Waals surface area (Å²) in [4.78, 5) is 28.4. The Hall–Kier alpha value is 1.17. The van der Waals surface area contributed by atoms with Crippen molar-refractivity contribution in [1.29, 1.82) is 0 Å². The molecule has 0 aromatic heterocycles. The van der Waals surface area contributed by atoms with Gasteiger partial charge in [-0.3, -0.25) is 16.0 Å². The average Bonchev–Trinajstić information content (AvgIpc) is 2.41. The molecule has 0 fully saturated rings. The third kappa shape index (κ3) is 65.7. The summed E-state index contributed by atoms with van der Waals surface area (Å²) in [7, 11) is 0. The molecule has 6 N–H and O–H groups in total. The fourth-order valence-corrected chi connectivity index (χ4v) is 0.474. The first-order valence-electron chi connectivity index (χ1n) is 5.36. The molecule has 0 heterocycles. The second kappa shape index (κ2) is 35.3. The maximum absolute atomic E-state index is 9.47. The van der Waals surface area contributed by atoms with Gasteiger partial charge in [-0.2, -0.15) is 0 Å². The van der Waals surface area contributed by atoms with E-state index in [4.69, 9.17) is 15.3 Å². The molecule has 0 unspecified atom stereocenters. The van der Waals surface area contributed by atoms with Crippen LogP contribution in [0.25, 0.3) is 0 Å². The maximum atomic E-state index is 9.47. The van der Waals surface area contributed by atoms with Crippen LogP contribution in [0.15, 0.2) is 0 Å². The summed E-state index contributed by atoms with van der Waals surface area (Å²) >= 11 is 0. The molecule has 0 aromatic carbocycles. The molecule has 15 heteroatoms. The predicted molar refractivity (Wildman–Crippen MR) is 60.3 cm³/mol. The summed E-state index contributed by atoms with van der Waals surface area (Å²) in [5.41, 5.74) is 0. The molecule has 0 aromatic rings. The summed E-state index contributed by atoms with van der Waals surface area (Å²) in [6.45, 7) is -1.86. The van der Waals surface area contributed by atoms with E-state index in [2.05, 4.69) is 16.0 Å². The number of hydrogen-bond acceptors (Lipinski definition) is 12. The Bertz CT molecular complexity index is 245. The quantitative estimate of drug-likeness (QED) is 0.162. The number of aliphatic hydroxyl groups excluding tert-OH is 3. The first kappa shape index (κ1) is 40.0. The van der Waals surface area contributed by atoms with E-state index in [9.17, 15) is 29.7 Å². The fourth-order valence-electron chi connectivity index (χ4n) is 0.474. The number of carboxylic acid groups (broad SMARTS) is 3. The minimum Gasteiger partial charge on any atom is -0.549 e. The molecule has 0 spiro atoms. The largest absolute Gasteiger partial charge is 1.00 e. The van der Waals surface area contributed by atoms with E-state index in [-0.39, 0.29) is 128 Å². The van der Waals surface area contributed by atoms with E-state index in [0.29, 0.717) is 0 Å². The van der Waals surface area contributed by atoms with E-state index < -0.39 is 17.9 Å². The Kier molecular flexibility index (Phi) is 58.9. The van der Waals surface area contributed by atoms with E-state index in [1.54, 1.807) is 0 Å². The number of hydrogen-bond donors (Lipinski definition) is 6. The first-order chi connectivity index (χ1) is 9.81. The van der Waals surface area contributed by atoms with Gasteiger partial charge in [0.2, 0.25) is 0 Å². The number of carbonyl (C=O) groups is 3. The van der Waals surface area contributed by atoms with Gasteiger partial charge in [0, 0.05) is 19.6 Å². The molecular formula is C9H18N3Na3O9. The van der Waals surface area contributed by atoms with Crippen molar-refractivity contribution in [2.45, 2.75) is 0 Å². The zero-order valence-corrected chi connectivity index (χ0v) is 20.0. The van der Waals surface area contributed by atoms with Crippen molar-refractivity contribution in [3.63, 3.8) is 0 Å².